The molecule has 0 radical (unpaired) electrons. The van der Waals surface area contributed by atoms with E-state index in [1.807, 2.05) is 25.2 Å². The molecule has 0 aliphatic carbocycles. The average molecular weight is 274 g/mol. The summed E-state index contributed by atoms with van der Waals surface area (Å²) in [6, 6.07) is 0. The van der Waals surface area contributed by atoms with Crippen LogP contribution in [0.15, 0.2) is 71.9 Å². The molecule has 0 aromatic carbocycles. The third-order valence-electron chi connectivity index (χ3n) is 2.03. The van der Waals surface area contributed by atoms with Crippen LogP contribution in [0, 0.1) is 0 Å². The first-order valence-corrected chi connectivity index (χ1v) is 5.92. The topological polar surface area (TPSA) is 74.6 Å². The maximum Gasteiger partial charge on any atom is 0.328 e. The van der Waals surface area contributed by atoms with Gasteiger partial charge in [0.05, 0.1) is 0 Å². The number of carboxylic acids is 2. The van der Waals surface area contributed by atoms with Crippen LogP contribution in [0.4, 0.5) is 0 Å². The van der Waals surface area contributed by atoms with Crippen LogP contribution < -0.4 is 0 Å². The Balaban J connectivity index is 4.41. The molecule has 0 aromatic heterocycles. The van der Waals surface area contributed by atoms with E-state index >= 15 is 0 Å². The molecule has 4 nitrogen and oxygen atoms in total. The van der Waals surface area contributed by atoms with Gasteiger partial charge in [-0.1, -0.05) is 59.8 Å². The lowest BCUT2D eigenvalue weighted by molar-refractivity contribution is -0.132. The zero-order chi connectivity index (χ0) is 15.4. The predicted octanol–water partition coefficient (Wildman–Crippen LogP) is 3.27. The summed E-state index contributed by atoms with van der Waals surface area (Å²) >= 11 is 0. The molecule has 0 aromatic rings. The van der Waals surface area contributed by atoms with E-state index < -0.39 is 11.9 Å². The molecule has 20 heavy (non-hydrogen) atoms. The molecule has 0 heterocycles. The highest BCUT2D eigenvalue weighted by Crippen LogP contribution is 1.99. The second kappa shape index (κ2) is 10.3. The van der Waals surface area contributed by atoms with Crippen LogP contribution >= 0.6 is 0 Å². The number of rotatable bonds is 7. The minimum absolute atomic E-state index is 0.830. The molecular weight excluding hydrogens is 256 g/mol. The fraction of sp³-hybridized carbons (Fsp3) is 0.125. The van der Waals surface area contributed by atoms with E-state index in [0.29, 0.717) is 0 Å². The highest BCUT2D eigenvalue weighted by atomic mass is 16.4. The molecule has 0 amide bonds. The Hall–Kier alpha value is -2.62. The van der Waals surface area contributed by atoms with E-state index in [1.54, 1.807) is 25.2 Å². The van der Waals surface area contributed by atoms with Crippen molar-refractivity contribution < 1.29 is 19.8 Å². The molecule has 0 fully saturated rings. The van der Waals surface area contributed by atoms with E-state index in [9.17, 15) is 9.59 Å². The van der Waals surface area contributed by atoms with Gasteiger partial charge in [0, 0.05) is 12.2 Å². The summed E-state index contributed by atoms with van der Waals surface area (Å²) in [6.45, 7) is 3.71. The Bertz CT molecular complexity index is 515. The van der Waals surface area contributed by atoms with Gasteiger partial charge < -0.3 is 10.2 Å². The van der Waals surface area contributed by atoms with Crippen LogP contribution in [0.1, 0.15) is 13.8 Å². The van der Waals surface area contributed by atoms with Gasteiger partial charge in [-0.25, -0.2) is 9.59 Å². The number of hydrogen-bond acceptors (Lipinski definition) is 2. The van der Waals surface area contributed by atoms with Crippen molar-refractivity contribution in [3.05, 3.63) is 71.9 Å². The van der Waals surface area contributed by atoms with Gasteiger partial charge in [0.1, 0.15) is 0 Å². The van der Waals surface area contributed by atoms with Gasteiger partial charge in [0.2, 0.25) is 0 Å². The van der Waals surface area contributed by atoms with E-state index in [0.717, 1.165) is 23.3 Å². The first-order valence-electron chi connectivity index (χ1n) is 5.92. The van der Waals surface area contributed by atoms with Crippen molar-refractivity contribution in [1.82, 2.24) is 0 Å². The molecular formula is C16H18O4. The molecule has 0 saturated heterocycles. The standard InChI is InChI=1S/C16H18O4/c1-13(7-4-3-5-10-15(17)18)8-6-9-14(2)11-12-16(19)20/h3-12H,1-2H3,(H,17,18)(H,19,20). The SMILES string of the molecule is CC(C=CC=C(C)C=CC(=O)O)=CC=CC=CC(=O)O. The molecule has 0 atom stereocenters. The van der Waals surface area contributed by atoms with Gasteiger partial charge in [-0.05, 0) is 13.8 Å². The summed E-state index contributed by atoms with van der Waals surface area (Å²) in [4.78, 5) is 20.5. The lowest BCUT2D eigenvalue weighted by Crippen LogP contribution is -1.85. The van der Waals surface area contributed by atoms with Gasteiger partial charge in [-0.2, -0.15) is 0 Å². The quantitative estimate of drug-likeness (QED) is 0.552. The predicted molar refractivity (Wildman–Crippen MR) is 79.3 cm³/mol. The van der Waals surface area contributed by atoms with E-state index in [4.69, 9.17) is 10.2 Å². The van der Waals surface area contributed by atoms with Crippen LogP contribution in [-0.4, -0.2) is 22.2 Å². The Morgan fingerprint density at radius 2 is 1.20 bits per heavy atom. The fourth-order valence-corrected chi connectivity index (χ4v) is 1.07. The summed E-state index contributed by atoms with van der Waals surface area (Å²) in [7, 11) is 0. The number of carbonyl (C=O) groups is 2. The smallest absolute Gasteiger partial charge is 0.328 e. The normalized spacial score (nSPS) is 14.1. The van der Waals surface area contributed by atoms with Gasteiger partial charge in [0.25, 0.3) is 0 Å². The molecule has 4 heteroatoms. The Labute approximate surface area is 118 Å². The monoisotopic (exact) mass is 274 g/mol. The largest absolute Gasteiger partial charge is 0.478 e. The Morgan fingerprint density at radius 3 is 1.80 bits per heavy atom. The Kier molecular flexibility index (Phi) is 8.96. The van der Waals surface area contributed by atoms with Gasteiger partial charge in [0.15, 0.2) is 0 Å². The summed E-state index contributed by atoms with van der Waals surface area (Å²) in [5, 5.41) is 16.8. The molecule has 0 bridgehead atoms. The zero-order valence-corrected chi connectivity index (χ0v) is 11.5. The van der Waals surface area contributed by atoms with Crippen LogP contribution in [0.3, 0.4) is 0 Å². The highest BCUT2D eigenvalue weighted by molar-refractivity contribution is 5.80. The zero-order valence-electron chi connectivity index (χ0n) is 11.5. The van der Waals surface area contributed by atoms with Crippen molar-refractivity contribution in [3.8, 4) is 0 Å². The van der Waals surface area contributed by atoms with Crippen LogP contribution in [0.25, 0.3) is 0 Å². The van der Waals surface area contributed by atoms with Crippen LogP contribution in [-0.2, 0) is 9.59 Å². The lowest BCUT2D eigenvalue weighted by atomic mass is 10.2. The van der Waals surface area contributed by atoms with E-state index in [-0.39, 0.29) is 0 Å². The minimum atomic E-state index is -0.981. The molecule has 0 rings (SSSR count). The van der Waals surface area contributed by atoms with Crippen molar-refractivity contribution in [2.45, 2.75) is 13.8 Å². The summed E-state index contributed by atoms with van der Waals surface area (Å²) in [5.74, 6) is -1.96. The lowest BCUT2D eigenvalue weighted by Gasteiger charge is -1.89. The first kappa shape index (κ1) is 17.4. The first-order chi connectivity index (χ1) is 9.41. The van der Waals surface area contributed by atoms with Gasteiger partial charge in [-0.3, -0.25) is 0 Å². The number of hydrogen-bond donors (Lipinski definition) is 2. The summed E-state index contributed by atoms with van der Waals surface area (Å²) in [5.41, 5.74) is 1.81. The number of aliphatic carboxylic acids is 2. The number of allylic oxidation sites excluding steroid dienone is 10. The summed E-state index contributed by atoms with van der Waals surface area (Å²) < 4.78 is 0. The molecule has 0 aliphatic rings. The maximum atomic E-state index is 10.3. The molecule has 0 saturated carbocycles. The molecule has 0 spiro atoms. The third kappa shape index (κ3) is 11.9. The highest BCUT2D eigenvalue weighted by Gasteiger charge is 1.85. The molecule has 2 N–H and O–H groups in total. The molecule has 0 unspecified atom stereocenters. The van der Waals surface area contributed by atoms with E-state index in [1.165, 1.54) is 12.2 Å². The van der Waals surface area contributed by atoms with Crippen molar-refractivity contribution in [1.29, 1.82) is 0 Å². The Morgan fingerprint density at radius 1 is 0.650 bits per heavy atom. The van der Waals surface area contributed by atoms with Gasteiger partial charge >= 0.3 is 11.9 Å². The molecule has 0 aliphatic heterocycles. The van der Waals surface area contributed by atoms with Crippen LogP contribution in [0.5, 0.6) is 0 Å². The van der Waals surface area contributed by atoms with Gasteiger partial charge in [-0.15, -0.1) is 0 Å². The maximum absolute atomic E-state index is 10.3. The van der Waals surface area contributed by atoms with Crippen LogP contribution in [0.2, 0.25) is 0 Å². The van der Waals surface area contributed by atoms with Crippen molar-refractivity contribution in [2.75, 3.05) is 0 Å². The minimum Gasteiger partial charge on any atom is -0.478 e. The fourth-order valence-electron chi connectivity index (χ4n) is 1.07. The second-order valence-corrected chi connectivity index (χ2v) is 3.93. The van der Waals surface area contributed by atoms with Crippen molar-refractivity contribution in [3.63, 3.8) is 0 Å². The average Bonchev–Trinajstić information content (AvgIpc) is 2.35. The summed E-state index contributed by atoms with van der Waals surface area (Å²) in [6.07, 6.45) is 15.8. The van der Waals surface area contributed by atoms with Crippen molar-refractivity contribution >= 4 is 11.9 Å². The molecule has 106 valence electrons. The van der Waals surface area contributed by atoms with E-state index in [2.05, 4.69) is 0 Å². The second-order valence-electron chi connectivity index (χ2n) is 3.93. The number of carboxylic acid groups (broad SMARTS) is 2. The third-order valence-corrected chi connectivity index (χ3v) is 2.03. The van der Waals surface area contributed by atoms with Crippen molar-refractivity contribution in [2.24, 2.45) is 0 Å².